The van der Waals surface area contributed by atoms with Crippen molar-refractivity contribution in [2.24, 2.45) is 5.92 Å². The summed E-state index contributed by atoms with van der Waals surface area (Å²) in [7, 11) is 0. The van der Waals surface area contributed by atoms with Gasteiger partial charge in [0.2, 0.25) is 0 Å². The lowest BCUT2D eigenvalue weighted by atomic mass is 10.0. The first-order valence-electron chi connectivity index (χ1n) is 4.27. The van der Waals surface area contributed by atoms with Crippen molar-refractivity contribution in [3.63, 3.8) is 0 Å². The summed E-state index contributed by atoms with van der Waals surface area (Å²) < 4.78 is 10.7. The van der Waals surface area contributed by atoms with Gasteiger partial charge in [0.05, 0.1) is 6.61 Å². The van der Waals surface area contributed by atoms with Crippen LogP contribution in [0, 0.1) is 5.92 Å². The van der Waals surface area contributed by atoms with E-state index in [9.17, 15) is 0 Å². The van der Waals surface area contributed by atoms with E-state index in [2.05, 4.69) is 6.58 Å². The molecule has 0 aromatic heterocycles. The number of aliphatic hydroxyl groups excluding tert-OH is 1. The van der Waals surface area contributed by atoms with Crippen LogP contribution in [0.3, 0.4) is 0 Å². The Balaban J connectivity index is 2.54. The molecular formula is C9H16O3. The number of hydrogen-bond acceptors (Lipinski definition) is 3. The maximum atomic E-state index is 8.90. The minimum absolute atomic E-state index is 0.00719. The van der Waals surface area contributed by atoms with E-state index in [4.69, 9.17) is 14.6 Å². The molecule has 0 aromatic carbocycles. The van der Waals surface area contributed by atoms with Crippen LogP contribution in [0.15, 0.2) is 12.2 Å². The molecular weight excluding hydrogens is 156 g/mol. The zero-order valence-electron chi connectivity index (χ0n) is 7.62. The van der Waals surface area contributed by atoms with Crippen molar-refractivity contribution in [1.29, 1.82) is 0 Å². The van der Waals surface area contributed by atoms with Crippen molar-refractivity contribution in [3.8, 4) is 0 Å². The topological polar surface area (TPSA) is 38.7 Å². The number of aliphatic hydroxyl groups is 1. The lowest BCUT2D eigenvalue weighted by Crippen LogP contribution is -2.19. The molecule has 0 radical (unpaired) electrons. The Bertz CT molecular complexity index is 167. The van der Waals surface area contributed by atoms with Gasteiger partial charge in [-0.15, -0.1) is 0 Å². The minimum atomic E-state index is -0.239. The van der Waals surface area contributed by atoms with Crippen molar-refractivity contribution < 1.29 is 14.6 Å². The Labute approximate surface area is 73.0 Å². The smallest absolute Gasteiger partial charge is 0.164 e. The van der Waals surface area contributed by atoms with Crippen molar-refractivity contribution in [2.75, 3.05) is 13.2 Å². The van der Waals surface area contributed by atoms with E-state index in [1.807, 2.05) is 13.8 Å². The van der Waals surface area contributed by atoms with Crippen LogP contribution in [0.4, 0.5) is 0 Å². The number of ether oxygens (including phenoxy) is 2. The molecule has 1 fully saturated rings. The molecule has 1 aliphatic heterocycles. The van der Waals surface area contributed by atoms with Gasteiger partial charge in [-0.05, 0) is 12.5 Å². The summed E-state index contributed by atoms with van der Waals surface area (Å²) in [4.78, 5) is 0. The van der Waals surface area contributed by atoms with Gasteiger partial charge in [0.1, 0.15) is 6.10 Å². The van der Waals surface area contributed by atoms with Gasteiger partial charge in [0.15, 0.2) is 6.29 Å². The molecule has 3 nitrogen and oxygen atoms in total. The first-order valence-corrected chi connectivity index (χ1v) is 4.27. The van der Waals surface area contributed by atoms with Crippen LogP contribution in [-0.2, 0) is 9.47 Å². The van der Waals surface area contributed by atoms with Crippen LogP contribution >= 0.6 is 0 Å². The van der Waals surface area contributed by atoms with Gasteiger partial charge in [-0.3, -0.25) is 0 Å². The fourth-order valence-corrected chi connectivity index (χ4v) is 1.34. The van der Waals surface area contributed by atoms with Crippen molar-refractivity contribution >= 4 is 0 Å². The van der Waals surface area contributed by atoms with Crippen LogP contribution in [0.25, 0.3) is 0 Å². The second-order valence-electron chi connectivity index (χ2n) is 2.99. The summed E-state index contributed by atoms with van der Waals surface area (Å²) in [5.41, 5.74) is 0.927. The van der Waals surface area contributed by atoms with Gasteiger partial charge < -0.3 is 14.6 Å². The Hall–Kier alpha value is -0.380. The van der Waals surface area contributed by atoms with Gasteiger partial charge in [-0.25, -0.2) is 0 Å². The Kier molecular flexibility index (Phi) is 3.26. The second-order valence-corrected chi connectivity index (χ2v) is 2.99. The molecule has 0 bridgehead atoms. The standard InChI is InChI=1S/C9H16O3/c1-4-11-9-7(3)6(2)8(5-10)12-9/h7-10H,2,4-5H2,1,3H3/t7-,8-,9+/m1/s1. The Morgan fingerprint density at radius 2 is 2.33 bits per heavy atom. The molecule has 0 aromatic rings. The van der Waals surface area contributed by atoms with Crippen LogP contribution in [0.2, 0.25) is 0 Å². The zero-order valence-corrected chi connectivity index (χ0v) is 7.62. The predicted molar refractivity (Wildman–Crippen MR) is 45.7 cm³/mol. The van der Waals surface area contributed by atoms with E-state index in [1.165, 1.54) is 0 Å². The van der Waals surface area contributed by atoms with Gasteiger partial charge in [0, 0.05) is 12.5 Å². The lowest BCUT2D eigenvalue weighted by Gasteiger charge is -2.13. The van der Waals surface area contributed by atoms with E-state index in [-0.39, 0.29) is 24.9 Å². The van der Waals surface area contributed by atoms with E-state index in [0.29, 0.717) is 6.61 Å². The van der Waals surface area contributed by atoms with Crippen LogP contribution in [0.1, 0.15) is 13.8 Å². The second kappa shape index (κ2) is 4.03. The Morgan fingerprint density at radius 1 is 1.67 bits per heavy atom. The monoisotopic (exact) mass is 172 g/mol. The molecule has 0 saturated carbocycles. The molecule has 3 heteroatoms. The quantitative estimate of drug-likeness (QED) is 0.644. The first kappa shape index (κ1) is 9.71. The predicted octanol–water partition coefficient (Wildman–Crippen LogP) is 0.932. The summed E-state index contributed by atoms with van der Waals surface area (Å²) in [5.74, 6) is 0.182. The highest BCUT2D eigenvalue weighted by molar-refractivity contribution is 5.12. The molecule has 3 atom stereocenters. The molecule has 1 saturated heterocycles. The highest BCUT2D eigenvalue weighted by atomic mass is 16.7. The van der Waals surface area contributed by atoms with E-state index in [0.717, 1.165) is 5.57 Å². The van der Waals surface area contributed by atoms with Crippen LogP contribution < -0.4 is 0 Å². The molecule has 0 spiro atoms. The van der Waals surface area contributed by atoms with Gasteiger partial charge in [0.25, 0.3) is 0 Å². The molecule has 1 heterocycles. The maximum Gasteiger partial charge on any atom is 0.164 e. The molecule has 70 valence electrons. The van der Waals surface area contributed by atoms with E-state index >= 15 is 0 Å². The minimum Gasteiger partial charge on any atom is -0.393 e. The highest BCUT2D eigenvalue weighted by Gasteiger charge is 2.35. The third-order valence-electron chi connectivity index (χ3n) is 2.20. The molecule has 1 N–H and O–H groups in total. The lowest BCUT2D eigenvalue weighted by molar-refractivity contribution is -0.149. The summed E-state index contributed by atoms with van der Waals surface area (Å²) in [5, 5.41) is 8.90. The fraction of sp³-hybridized carbons (Fsp3) is 0.778. The molecule has 1 aliphatic rings. The number of rotatable bonds is 3. The van der Waals surface area contributed by atoms with Gasteiger partial charge in [-0.1, -0.05) is 13.5 Å². The average Bonchev–Trinajstić information content (AvgIpc) is 2.33. The number of hydrogen-bond donors (Lipinski definition) is 1. The van der Waals surface area contributed by atoms with Crippen molar-refractivity contribution in [2.45, 2.75) is 26.2 Å². The van der Waals surface area contributed by atoms with Crippen molar-refractivity contribution in [3.05, 3.63) is 12.2 Å². The third-order valence-corrected chi connectivity index (χ3v) is 2.20. The SMILES string of the molecule is C=C1[C@@H](C)[C@@H](OCC)O[C@@H]1CO. The molecule has 0 aliphatic carbocycles. The van der Waals surface area contributed by atoms with Crippen LogP contribution in [0.5, 0.6) is 0 Å². The largest absolute Gasteiger partial charge is 0.393 e. The average molecular weight is 172 g/mol. The molecule has 1 rings (SSSR count). The van der Waals surface area contributed by atoms with Gasteiger partial charge in [-0.2, -0.15) is 0 Å². The van der Waals surface area contributed by atoms with Gasteiger partial charge >= 0.3 is 0 Å². The maximum absolute atomic E-state index is 8.90. The highest BCUT2D eigenvalue weighted by Crippen LogP contribution is 2.30. The summed E-state index contributed by atoms with van der Waals surface area (Å²) in [6.07, 6.45) is -0.462. The molecule has 0 unspecified atom stereocenters. The van der Waals surface area contributed by atoms with E-state index in [1.54, 1.807) is 0 Å². The Morgan fingerprint density at radius 3 is 2.75 bits per heavy atom. The summed E-state index contributed by atoms with van der Waals surface area (Å²) in [6, 6.07) is 0. The molecule has 0 amide bonds. The van der Waals surface area contributed by atoms with Crippen LogP contribution in [-0.4, -0.2) is 30.7 Å². The fourth-order valence-electron chi connectivity index (χ4n) is 1.34. The first-order chi connectivity index (χ1) is 5.70. The third kappa shape index (κ3) is 1.68. The summed E-state index contributed by atoms with van der Waals surface area (Å²) in [6.45, 7) is 8.39. The van der Waals surface area contributed by atoms with E-state index < -0.39 is 0 Å². The zero-order chi connectivity index (χ0) is 9.14. The normalized spacial score (nSPS) is 35.9. The molecule has 12 heavy (non-hydrogen) atoms. The van der Waals surface area contributed by atoms with Crippen molar-refractivity contribution in [1.82, 2.24) is 0 Å². The summed E-state index contributed by atoms with van der Waals surface area (Å²) >= 11 is 0.